The molecule has 1 aliphatic carbocycles. The van der Waals surface area contributed by atoms with Crippen molar-refractivity contribution in [2.75, 3.05) is 13.6 Å². The first kappa shape index (κ1) is 23.6. The summed E-state index contributed by atoms with van der Waals surface area (Å²) >= 11 is 5.79. The molecule has 5 nitrogen and oxygen atoms in total. The van der Waals surface area contributed by atoms with E-state index in [1.165, 1.54) is 0 Å². The molecule has 6 heteroatoms. The number of nitrogens with zero attached hydrogens (tertiary/aromatic N) is 1. The SMILES string of the molecule is CN(CC1CCc2c(cccc2C(=O)C(=O)O)C1)C(=S)NC(c1ccccc1)c1ccccc1. The molecule has 0 saturated carbocycles. The van der Waals surface area contributed by atoms with Gasteiger partial charge < -0.3 is 15.3 Å². The maximum absolute atomic E-state index is 12.1. The van der Waals surface area contributed by atoms with Crippen LogP contribution in [0.5, 0.6) is 0 Å². The average molecular weight is 473 g/mol. The molecule has 1 aliphatic rings. The van der Waals surface area contributed by atoms with Gasteiger partial charge in [-0.1, -0.05) is 78.9 Å². The molecule has 174 valence electrons. The topological polar surface area (TPSA) is 69.6 Å². The second-order valence-corrected chi connectivity index (χ2v) is 9.16. The lowest BCUT2D eigenvalue weighted by Crippen LogP contribution is -2.42. The van der Waals surface area contributed by atoms with Crippen LogP contribution in [0, 0.1) is 5.92 Å². The summed E-state index contributed by atoms with van der Waals surface area (Å²) in [7, 11) is 2.00. The standard InChI is InChI=1S/C28H28N2O3S/c1-30(18-19-15-16-23-22(17-19)13-8-14-24(23)26(31)27(32)33)28(34)29-25(20-9-4-2-5-10-20)21-11-6-3-7-12-21/h2-14,19,25H,15-18H2,1H3,(H,29,34)(H,32,33). The second kappa shape index (κ2) is 10.6. The normalized spacial score (nSPS) is 14.8. The molecule has 34 heavy (non-hydrogen) atoms. The number of fused-ring (bicyclic) bond motifs is 1. The Morgan fingerprint density at radius 3 is 2.21 bits per heavy atom. The van der Waals surface area contributed by atoms with Gasteiger partial charge in [0.05, 0.1) is 6.04 Å². The van der Waals surface area contributed by atoms with E-state index in [1.54, 1.807) is 12.1 Å². The molecular weight excluding hydrogens is 444 g/mol. The summed E-state index contributed by atoms with van der Waals surface area (Å²) in [6.07, 6.45) is 2.37. The van der Waals surface area contributed by atoms with Gasteiger partial charge in [0.2, 0.25) is 0 Å². The number of carboxylic acid groups (broad SMARTS) is 1. The number of benzene rings is 3. The van der Waals surface area contributed by atoms with E-state index in [-0.39, 0.29) is 6.04 Å². The molecule has 0 amide bonds. The number of ketones is 1. The summed E-state index contributed by atoms with van der Waals surface area (Å²) < 4.78 is 0. The number of Topliss-reactive ketones (excluding diaryl/α,β-unsaturated/α-hetero) is 1. The Kier molecular flexibility index (Phi) is 7.38. The predicted octanol–water partition coefficient (Wildman–Crippen LogP) is 4.65. The van der Waals surface area contributed by atoms with Crippen LogP contribution in [0.2, 0.25) is 0 Å². The molecule has 0 heterocycles. The zero-order chi connectivity index (χ0) is 24.1. The van der Waals surface area contributed by atoms with Crippen molar-refractivity contribution in [3.8, 4) is 0 Å². The average Bonchev–Trinajstić information content (AvgIpc) is 2.87. The zero-order valence-corrected chi connectivity index (χ0v) is 19.9. The number of rotatable bonds is 7. The van der Waals surface area contributed by atoms with E-state index in [4.69, 9.17) is 17.3 Å². The summed E-state index contributed by atoms with van der Waals surface area (Å²) in [4.78, 5) is 25.3. The van der Waals surface area contributed by atoms with Crippen LogP contribution in [0.25, 0.3) is 0 Å². The van der Waals surface area contributed by atoms with Gasteiger partial charge in [0.25, 0.3) is 5.78 Å². The molecule has 0 bridgehead atoms. The minimum absolute atomic E-state index is 0.0472. The highest BCUT2D eigenvalue weighted by molar-refractivity contribution is 7.80. The molecule has 4 rings (SSSR count). The Morgan fingerprint density at radius 1 is 1.00 bits per heavy atom. The smallest absolute Gasteiger partial charge is 0.377 e. The largest absolute Gasteiger partial charge is 0.475 e. The molecule has 1 unspecified atom stereocenters. The van der Waals surface area contributed by atoms with E-state index in [0.717, 1.165) is 41.6 Å². The molecule has 2 N–H and O–H groups in total. The highest BCUT2D eigenvalue weighted by Gasteiger charge is 2.27. The van der Waals surface area contributed by atoms with Crippen LogP contribution < -0.4 is 5.32 Å². The number of carbonyl (C=O) groups excluding carboxylic acids is 1. The Balaban J connectivity index is 1.44. The van der Waals surface area contributed by atoms with Gasteiger partial charge in [0, 0.05) is 19.2 Å². The quantitative estimate of drug-likeness (QED) is 0.296. The van der Waals surface area contributed by atoms with E-state index in [0.29, 0.717) is 23.0 Å². The monoisotopic (exact) mass is 472 g/mol. The predicted molar refractivity (Wildman–Crippen MR) is 137 cm³/mol. The van der Waals surface area contributed by atoms with Crippen LogP contribution in [0.3, 0.4) is 0 Å². The van der Waals surface area contributed by atoms with Gasteiger partial charge in [-0.25, -0.2) is 4.79 Å². The number of hydrogen-bond donors (Lipinski definition) is 2. The van der Waals surface area contributed by atoms with Crippen molar-refractivity contribution >= 4 is 29.1 Å². The van der Waals surface area contributed by atoms with Crippen LogP contribution in [-0.4, -0.2) is 40.5 Å². The van der Waals surface area contributed by atoms with Gasteiger partial charge in [-0.15, -0.1) is 0 Å². The third kappa shape index (κ3) is 5.34. The van der Waals surface area contributed by atoms with E-state index in [2.05, 4.69) is 34.5 Å². The van der Waals surface area contributed by atoms with Crippen LogP contribution >= 0.6 is 12.2 Å². The first-order valence-electron chi connectivity index (χ1n) is 11.4. The molecule has 0 aliphatic heterocycles. The van der Waals surface area contributed by atoms with Gasteiger partial charge in [0.1, 0.15) is 0 Å². The Bertz CT molecular complexity index is 1140. The number of nitrogens with one attached hydrogen (secondary N) is 1. The molecule has 3 aromatic carbocycles. The Morgan fingerprint density at radius 2 is 1.62 bits per heavy atom. The fourth-order valence-electron chi connectivity index (χ4n) is 4.72. The van der Waals surface area contributed by atoms with E-state index in [9.17, 15) is 9.59 Å². The van der Waals surface area contributed by atoms with Gasteiger partial charge in [0.15, 0.2) is 5.11 Å². The van der Waals surface area contributed by atoms with Crippen LogP contribution in [-0.2, 0) is 17.6 Å². The summed E-state index contributed by atoms with van der Waals surface area (Å²) in [5.41, 5.74) is 4.55. The lowest BCUT2D eigenvalue weighted by molar-refractivity contribution is -0.131. The van der Waals surface area contributed by atoms with Crippen molar-refractivity contribution in [3.63, 3.8) is 0 Å². The number of aliphatic carboxylic acids is 1. The fraction of sp³-hybridized carbons (Fsp3) is 0.250. The van der Waals surface area contributed by atoms with E-state index in [1.807, 2.05) is 49.5 Å². The molecule has 3 aromatic rings. The van der Waals surface area contributed by atoms with Gasteiger partial charge >= 0.3 is 5.97 Å². The lowest BCUT2D eigenvalue weighted by atomic mass is 9.81. The summed E-state index contributed by atoms with van der Waals surface area (Å²) in [5.74, 6) is -1.87. The summed E-state index contributed by atoms with van der Waals surface area (Å²) in [6.45, 7) is 0.776. The molecule has 1 atom stereocenters. The Hall–Kier alpha value is -3.51. The number of carbonyl (C=O) groups is 2. The van der Waals surface area contributed by atoms with Crippen LogP contribution in [0.1, 0.15) is 45.1 Å². The number of hydrogen-bond acceptors (Lipinski definition) is 3. The number of thiocarbonyl (C=S) groups is 1. The molecule has 0 spiro atoms. The van der Waals surface area contributed by atoms with Gasteiger partial charge in [-0.3, -0.25) is 4.79 Å². The third-order valence-electron chi connectivity index (χ3n) is 6.44. The van der Waals surface area contributed by atoms with Crippen LogP contribution in [0.4, 0.5) is 0 Å². The second-order valence-electron chi connectivity index (χ2n) is 8.77. The molecule has 0 saturated heterocycles. The van der Waals surface area contributed by atoms with E-state index >= 15 is 0 Å². The molecule has 0 radical (unpaired) electrons. The van der Waals surface area contributed by atoms with Crippen molar-refractivity contribution in [3.05, 3.63) is 107 Å². The van der Waals surface area contributed by atoms with Crippen molar-refractivity contribution in [2.24, 2.45) is 5.92 Å². The van der Waals surface area contributed by atoms with Crippen molar-refractivity contribution < 1.29 is 14.7 Å². The van der Waals surface area contributed by atoms with Crippen molar-refractivity contribution in [2.45, 2.75) is 25.3 Å². The number of carboxylic acids is 1. The zero-order valence-electron chi connectivity index (χ0n) is 19.1. The summed E-state index contributed by atoms with van der Waals surface area (Å²) in [6, 6.07) is 25.9. The molecule has 0 fully saturated rings. The summed E-state index contributed by atoms with van der Waals surface area (Å²) in [5, 5.41) is 13.3. The van der Waals surface area contributed by atoms with Gasteiger partial charge in [-0.05, 0) is 59.7 Å². The highest BCUT2D eigenvalue weighted by atomic mass is 32.1. The third-order valence-corrected chi connectivity index (χ3v) is 6.86. The van der Waals surface area contributed by atoms with E-state index < -0.39 is 11.8 Å². The van der Waals surface area contributed by atoms with Crippen LogP contribution in [0.15, 0.2) is 78.9 Å². The van der Waals surface area contributed by atoms with Gasteiger partial charge in [-0.2, -0.15) is 0 Å². The Labute approximate surface area is 205 Å². The fourth-order valence-corrected chi connectivity index (χ4v) is 4.91. The van der Waals surface area contributed by atoms with Crippen molar-refractivity contribution in [1.82, 2.24) is 10.2 Å². The lowest BCUT2D eigenvalue weighted by Gasteiger charge is -2.32. The minimum atomic E-state index is -1.40. The first-order chi connectivity index (χ1) is 16.4. The highest BCUT2D eigenvalue weighted by Crippen LogP contribution is 2.29. The maximum atomic E-state index is 12.1. The maximum Gasteiger partial charge on any atom is 0.377 e. The minimum Gasteiger partial charge on any atom is -0.475 e. The first-order valence-corrected chi connectivity index (χ1v) is 11.8. The van der Waals surface area contributed by atoms with Crippen molar-refractivity contribution in [1.29, 1.82) is 0 Å². The molecule has 0 aromatic heterocycles. The molecular formula is C28H28N2O3S.